The molecule has 1 aromatic rings. The zero-order chi connectivity index (χ0) is 17.1. The molecular weight excluding hydrogens is 346 g/mol. The van der Waals surface area contributed by atoms with E-state index in [9.17, 15) is 9.59 Å². The van der Waals surface area contributed by atoms with E-state index in [1.807, 2.05) is 26.0 Å². The van der Waals surface area contributed by atoms with Crippen molar-refractivity contribution in [1.29, 1.82) is 0 Å². The third kappa shape index (κ3) is 4.42. The number of rotatable bonds is 4. The monoisotopic (exact) mass is 369 g/mol. The van der Waals surface area contributed by atoms with Gasteiger partial charge in [0.15, 0.2) is 6.10 Å². The maximum absolute atomic E-state index is 12.2. The molecule has 2 aliphatic rings. The highest BCUT2D eigenvalue weighted by molar-refractivity contribution is 5.97. The number of hydrogen-bond acceptors (Lipinski definition) is 5. The topological polar surface area (TPSA) is 88.7 Å². The summed E-state index contributed by atoms with van der Waals surface area (Å²) >= 11 is 0. The van der Waals surface area contributed by atoms with E-state index in [1.165, 1.54) is 0 Å². The molecule has 8 heteroatoms. The molecule has 0 spiro atoms. The van der Waals surface area contributed by atoms with Crippen LogP contribution in [-0.2, 0) is 14.3 Å². The van der Waals surface area contributed by atoms with Gasteiger partial charge in [0.1, 0.15) is 11.9 Å². The zero-order valence-corrected chi connectivity index (χ0v) is 15.2. The van der Waals surface area contributed by atoms with Crippen molar-refractivity contribution in [3.63, 3.8) is 0 Å². The molecule has 1 aromatic carbocycles. The number of carbonyl (C=O) groups excluding carboxylic acids is 2. The van der Waals surface area contributed by atoms with E-state index in [-0.39, 0.29) is 30.3 Å². The van der Waals surface area contributed by atoms with E-state index in [1.54, 1.807) is 6.07 Å². The van der Waals surface area contributed by atoms with Crippen LogP contribution in [0.5, 0.6) is 5.75 Å². The zero-order valence-electron chi connectivity index (χ0n) is 14.3. The second-order valence-corrected chi connectivity index (χ2v) is 6.05. The Kier molecular flexibility index (Phi) is 6.64. The molecule has 0 radical (unpaired) electrons. The van der Waals surface area contributed by atoms with E-state index in [0.29, 0.717) is 31.0 Å². The number of nitrogens with one attached hydrogen (secondary N) is 3. The number of amides is 2. The van der Waals surface area contributed by atoms with Crippen molar-refractivity contribution in [3.8, 4) is 5.75 Å². The molecule has 3 atom stereocenters. The first-order valence-electron chi connectivity index (χ1n) is 8.32. The van der Waals surface area contributed by atoms with E-state index in [4.69, 9.17) is 9.47 Å². The molecule has 7 nitrogen and oxygen atoms in total. The standard InChI is InChI=1S/C17H23N3O4.ClH/c1-3-13-16(21)20-12-5-4-11(8-14(12)24-13)10(2)19-17(22)15-9-18-6-7-23-15;/h4-5,8,10,13,15,18H,3,6-7,9H2,1-2H3,(H,19,22)(H,20,21);1H. The highest BCUT2D eigenvalue weighted by Crippen LogP contribution is 2.33. The van der Waals surface area contributed by atoms with Gasteiger partial charge in [0.25, 0.3) is 11.8 Å². The summed E-state index contributed by atoms with van der Waals surface area (Å²) in [7, 11) is 0. The second kappa shape index (κ2) is 8.51. The molecule has 3 rings (SSSR count). The van der Waals surface area contributed by atoms with E-state index in [0.717, 1.165) is 12.1 Å². The molecule has 25 heavy (non-hydrogen) atoms. The minimum Gasteiger partial charge on any atom is -0.478 e. The first kappa shape index (κ1) is 19.5. The molecular formula is C17H24ClN3O4. The third-order valence-electron chi connectivity index (χ3n) is 4.27. The van der Waals surface area contributed by atoms with Crippen molar-refractivity contribution < 1.29 is 19.1 Å². The highest BCUT2D eigenvalue weighted by Gasteiger charge is 2.27. The first-order valence-corrected chi connectivity index (χ1v) is 8.32. The lowest BCUT2D eigenvalue weighted by molar-refractivity contribution is -0.134. The molecule has 3 unspecified atom stereocenters. The number of anilines is 1. The highest BCUT2D eigenvalue weighted by atomic mass is 35.5. The van der Waals surface area contributed by atoms with Crippen molar-refractivity contribution >= 4 is 29.9 Å². The Balaban J connectivity index is 0.00000225. The van der Waals surface area contributed by atoms with Gasteiger partial charge >= 0.3 is 0 Å². The maximum Gasteiger partial charge on any atom is 0.265 e. The lowest BCUT2D eigenvalue weighted by atomic mass is 10.1. The Labute approximate surface area is 153 Å². The van der Waals surface area contributed by atoms with Crippen LogP contribution >= 0.6 is 12.4 Å². The van der Waals surface area contributed by atoms with Crippen molar-refractivity contribution in [1.82, 2.24) is 10.6 Å². The Bertz CT molecular complexity index is 634. The Morgan fingerprint density at radius 1 is 1.44 bits per heavy atom. The number of benzene rings is 1. The van der Waals surface area contributed by atoms with Crippen molar-refractivity contribution in [2.24, 2.45) is 0 Å². The van der Waals surface area contributed by atoms with Gasteiger partial charge < -0.3 is 25.4 Å². The predicted molar refractivity (Wildman–Crippen MR) is 96.2 cm³/mol. The SMILES string of the molecule is CCC1Oc2cc(C(C)NC(=O)C3CNCCO3)ccc2NC1=O.Cl. The Morgan fingerprint density at radius 2 is 2.24 bits per heavy atom. The van der Waals surface area contributed by atoms with Crippen LogP contribution in [-0.4, -0.2) is 43.7 Å². The van der Waals surface area contributed by atoms with Crippen molar-refractivity contribution in [2.75, 3.05) is 25.0 Å². The van der Waals surface area contributed by atoms with Crippen LogP contribution in [0.15, 0.2) is 18.2 Å². The number of fused-ring (bicyclic) bond motifs is 1. The summed E-state index contributed by atoms with van der Waals surface area (Å²) in [6.07, 6.45) is -0.327. The van der Waals surface area contributed by atoms with Gasteiger partial charge in [-0.25, -0.2) is 0 Å². The lowest BCUT2D eigenvalue weighted by Gasteiger charge is -2.27. The molecule has 0 saturated carbocycles. The summed E-state index contributed by atoms with van der Waals surface area (Å²) in [4.78, 5) is 24.1. The predicted octanol–water partition coefficient (Wildman–Crippen LogP) is 1.38. The number of hydrogen-bond donors (Lipinski definition) is 3. The van der Waals surface area contributed by atoms with E-state index >= 15 is 0 Å². The minimum atomic E-state index is -0.473. The molecule has 1 fully saturated rings. The summed E-state index contributed by atoms with van der Waals surface area (Å²) in [5.74, 6) is 0.379. The molecule has 2 heterocycles. The lowest BCUT2D eigenvalue weighted by Crippen LogP contribution is -2.48. The summed E-state index contributed by atoms with van der Waals surface area (Å²) < 4.78 is 11.2. The molecule has 2 amide bonds. The number of halogens is 1. The fourth-order valence-electron chi connectivity index (χ4n) is 2.82. The molecule has 3 N–H and O–H groups in total. The van der Waals surface area contributed by atoms with Crippen LogP contribution in [0.4, 0.5) is 5.69 Å². The Morgan fingerprint density at radius 3 is 2.92 bits per heavy atom. The number of ether oxygens (including phenoxy) is 2. The maximum atomic E-state index is 12.2. The summed E-state index contributed by atoms with van der Waals surface area (Å²) in [6.45, 7) is 5.65. The minimum absolute atomic E-state index is 0. The van der Waals surface area contributed by atoms with Gasteiger partial charge in [-0.05, 0) is 31.0 Å². The van der Waals surface area contributed by atoms with Crippen LogP contribution in [0, 0.1) is 0 Å². The van der Waals surface area contributed by atoms with Gasteiger partial charge in [0.2, 0.25) is 0 Å². The van der Waals surface area contributed by atoms with Crippen LogP contribution in [0.1, 0.15) is 31.9 Å². The molecule has 2 aliphatic heterocycles. The average molecular weight is 370 g/mol. The molecule has 138 valence electrons. The fourth-order valence-corrected chi connectivity index (χ4v) is 2.82. The first-order chi connectivity index (χ1) is 11.6. The molecule has 0 aromatic heterocycles. The van der Waals surface area contributed by atoms with Crippen molar-refractivity contribution in [3.05, 3.63) is 23.8 Å². The second-order valence-electron chi connectivity index (χ2n) is 6.05. The Hall–Kier alpha value is -1.83. The molecule has 0 bridgehead atoms. The summed E-state index contributed by atoms with van der Waals surface area (Å²) in [5, 5.41) is 8.94. The van der Waals surface area contributed by atoms with Crippen LogP contribution < -0.4 is 20.7 Å². The number of morpholine rings is 1. The van der Waals surface area contributed by atoms with Gasteiger partial charge in [0.05, 0.1) is 18.3 Å². The molecule has 0 aliphatic carbocycles. The van der Waals surface area contributed by atoms with Crippen molar-refractivity contribution in [2.45, 2.75) is 38.5 Å². The largest absolute Gasteiger partial charge is 0.478 e. The van der Waals surface area contributed by atoms with Gasteiger partial charge in [-0.1, -0.05) is 13.0 Å². The molecule has 1 saturated heterocycles. The fraction of sp³-hybridized carbons (Fsp3) is 0.529. The quantitative estimate of drug-likeness (QED) is 0.746. The van der Waals surface area contributed by atoms with Gasteiger partial charge in [-0.3, -0.25) is 9.59 Å². The smallest absolute Gasteiger partial charge is 0.265 e. The third-order valence-corrected chi connectivity index (χ3v) is 4.27. The summed E-state index contributed by atoms with van der Waals surface area (Å²) in [6, 6.07) is 5.35. The van der Waals surface area contributed by atoms with Crippen LogP contribution in [0.25, 0.3) is 0 Å². The van der Waals surface area contributed by atoms with E-state index < -0.39 is 12.2 Å². The van der Waals surface area contributed by atoms with Gasteiger partial charge in [-0.2, -0.15) is 0 Å². The normalized spacial score (nSPS) is 23.4. The van der Waals surface area contributed by atoms with Gasteiger partial charge in [0, 0.05) is 13.1 Å². The van der Waals surface area contributed by atoms with Crippen LogP contribution in [0.2, 0.25) is 0 Å². The van der Waals surface area contributed by atoms with Crippen LogP contribution in [0.3, 0.4) is 0 Å². The number of carbonyl (C=O) groups is 2. The average Bonchev–Trinajstić information content (AvgIpc) is 2.61. The van der Waals surface area contributed by atoms with Gasteiger partial charge in [-0.15, -0.1) is 12.4 Å². The van der Waals surface area contributed by atoms with E-state index in [2.05, 4.69) is 16.0 Å². The summed E-state index contributed by atoms with van der Waals surface area (Å²) in [5.41, 5.74) is 1.57.